The lowest BCUT2D eigenvalue weighted by Crippen LogP contribution is -1.99. The monoisotopic (exact) mass is 341 g/mol. The molecular formula is C18H19N3O2S. The fourth-order valence-electron chi connectivity index (χ4n) is 2.18. The molecule has 0 fully saturated rings. The van der Waals surface area contributed by atoms with Crippen LogP contribution in [-0.4, -0.2) is 24.9 Å². The van der Waals surface area contributed by atoms with Crippen molar-refractivity contribution in [2.45, 2.75) is 13.3 Å². The molecule has 1 heterocycles. The minimum atomic E-state index is 0.654. The van der Waals surface area contributed by atoms with Gasteiger partial charge in [0, 0.05) is 0 Å². The zero-order valence-corrected chi connectivity index (χ0v) is 14.5. The number of nitrogens with zero attached hydrogens (tertiary/aromatic N) is 2. The summed E-state index contributed by atoms with van der Waals surface area (Å²) in [4.78, 5) is 4.48. The van der Waals surface area contributed by atoms with Gasteiger partial charge in [0.2, 0.25) is 5.13 Å². The molecule has 0 bridgehead atoms. The molecule has 0 amide bonds. The van der Waals surface area contributed by atoms with Crippen molar-refractivity contribution in [1.29, 1.82) is 0 Å². The van der Waals surface area contributed by atoms with Gasteiger partial charge in [-0.2, -0.15) is 5.10 Å². The van der Waals surface area contributed by atoms with Crippen molar-refractivity contribution < 1.29 is 9.47 Å². The van der Waals surface area contributed by atoms with Gasteiger partial charge < -0.3 is 9.47 Å². The maximum Gasteiger partial charge on any atom is 0.204 e. The van der Waals surface area contributed by atoms with Crippen LogP contribution in [0.4, 0.5) is 5.13 Å². The fraction of sp³-hybridized carbons (Fsp3) is 0.222. The Labute approximate surface area is 144 Å². The highest BCUT2D eigenvalue weighted by molar-refractivity contribution is 7.22. The maximum absolute atomic E-state index is 5.70. The van der Waals surface area contributed by atoms with Gasteiger partial charge in [-0.1, -0.05) is 30.4 Å². The highest BCUT2D eigenvalue weighted by Crippen LogP contribution is 2.28. The fourth-order valence-corrected chi connectivity index (χ4v) is 3.00. The number of ether oxygens (including phenoxy) is 2. The van der Waals surface area contributed by atoms with Crippen LogP contribution in [-0.2, 0) is 0 Å². The van der Waals surface area contributed by atoms with E-state index in [0.717, 1.165) is 38.8 Å². The highest BCUT2D eigenvalue weighted by atomic mass is 32.1. The second-order valence-electron chi connectivity index (χ2n) is 5.12. The minimum Gasteiger partial charge on any atom is -0.493 e. The highest BCUT2D eigenvalue weighted by Gasteiger charge is 2.05. The predicted octanol–water partition coefficient (Wildman–Crippen LogP) is 4.54. The molecule has 0 unspecified atom stereocenters. The largest absolute Gasteiger partial charge is 0.493 e. The number of aromatic nitrogens is 1. The van der Waals surface area contributed by atoms with E-state index in [-0.39, 0.29) is 0 Å². The van der Waals surface area contributed by atoms with Crippen LogP contribution in [0.5, 0.6) is 11.5 Å². The van der Waals surface area contributed by atoms with E-state index in [1.54, 1.807) is 24.7 Å². The van der Waals surface area contributed by atoms with Crippen molar-refractivity contribution in [2.24, 2.45) is 5.10 Å². The number of thiazole rings is 1. The van der Waals surface area contributed by atoms with E-state index in [2.05, 4.69) is 22.4 Å². The molecular weight excluding hydrogens is 322 g/mol. The summed E-state index contributed by atoms with van der Waals surface area (Å²) in [5.74, 6) is 1.45. The van der Waals surface area contributed by atoms with E-state index >= 15 is 0 Å². The van der Waals surface area contributed by atoms with Gasteiger partial charge in [-0.3, -0.25) is 5.43 Å². The van der Waals surface area contributed by atoms with Gasteiger partial charge >= 0.3 is 0 Å². The van der Waals surface area contributed by atoms with Gasteiger partial charge in [0.05, 0.1) is 30.1 Å². The van der Waals surface area contributed by atoms with Gasteiger partial charge in [-0.05, 0) is 42.3 Å². The number of nitrogens with one attached hydrogen (secondary N) is 1. The Morgan fingerprint density at radius 1 is 1.21 bits per heavy atom. The third-order valence-electron chi connectivity index (χ3n) is 3.32. The number of anilines is 1. The second kappa shape index (κ2) is 7.79. The number of methoxy groups -OCH3 is 1. The first-order chi connectivity index (χ1) is 11.8. The van der Waals surface area contributed by atoms with Crippen molar-refractivity contribution >= 4 is 32.9 Å². The number of rotatable bonds is 7. The Morgan fingerprint density at radius 3 is 2.88 bits per heavy atom. The number of fused-ring (bicyclic) bond motifs is 1. The smallest absolute Gasteiger partial charge is 0.204 e. The summed E-state index contributed by atoms with van der Waals surface area (Å²) in [6, 6.07) is 13.7. The summed E-state index contributed by atoms with van der Waals surface area (Å²) < 4.78 is 12.2. The average molecular weight is 341 g/mol. The molecule has 6 heteroatoms. The van der Waals surface area contributed by atoms with Crippen molar-refractivity contribution in [2.75, 3.05) is 19.1 Å². The zero-order valence-electron chi connectivity index (χ0n) is 13.7. The van der Waals surface area contributed by atoms with Crippen molar-refractivity contribution in [3.05, 3.63) is 48.0 Å². The molecule has 0 aliphatic carbocycles. The Balaban J connectivity index is 1.71. The zero-order chi connectivity index (χ0) is 16.8. The molecule has 1 aromatic heterocycles. The average Bonchev–Trinajstić information content (AvgIpc) is 3.03. The first-order valence-corrected chi connectivity index (χ1v) is 8.57. The summed E-state index contributed by atoms with van der Waals surface area (Å²) >= 11 is 1.57. The topological polar surface area (TPSA) is 55.7 Å². The van der Waals surface area contributed by atoms with Crippen LogP contribution < -0.4 is 14.9 Å². The molecule has 0 spiro atoms. The van der Waals surface area contributed by atoms with Crippen LogP contribution in [0.2, 0.25) is 0 Å². The molecule has 0 aliphatic heterocycles. The first kappa shape index (κ1) is 16.3. The molecule has 0 saturated carbocycles. The number of benzene rings is 2. The summed E-state index contributed by atoms with van der Waals surface area (Å²) in [6.07, 6.45) is 2.69. The quantitative estimate of drug-likeness (QED) is 0.506. The number of hydrogen-bond acceptors (Lipinski definition) is 6. The molecule has 0 saturated heterocycles. The molecule has 1 N–H and O–H groups in total. The molecule has 0 radical (unpaired) electrons. The van der Waals surface area contributed by atoms with E-state index in [1.807, 2.05) is 42.5 Å². The van der Waals surface area contributed by atoms with Gasteiger partial charge in [0.1, 0.15) is 0 Å². The molecule has 3 aromatic rings. The Hall–Kier alpha value is -2.60. The van der Waals surface area contributed by atoms with Crippen LogP contribution in [0.15, 0.2) is 47.6 Å². The summed E-state index contributed by atoms with van der Waals surface area (Å²) in [5.41, 5.74) is 4.88. The van der Waals surface area contributed by atoms with E-state index < -0.39 is 0 Å². The molecule has 0 atom stereocenters. The Bertz CT molecular complexity index is 812. The van der Waals surface area contributed by atoms with Gasteiger partial charge in [0.15, 0.2) is 11.5 Å². The van der Waals surface area contributed by atoms with Crippen molar-refractivity contribution in [3.63, 3.8) is 0 Å². The molecule has 3 rings (SSSR count). The Morgan fingerprint density at radius 2 is 2.08 bits per heavy atom. The van der Waals surface area contributed by atoms with E-state index in [0.29, 0.717) is 6.61 Å². The first-order valence-electron chi connectivity index (χ1n) is 7.75. The number of hydrazone groups is 1. The van der Waals surface area contributed by atoms with Gasteiger partial charge in [-0.15, -0.1) is 0 Å². The van der Waals surface area contributed by atoms with Crippen molar-refractivity contribution in [3.8, 4) is 11.5 Å². The molecule has 0 aliphatic rings. The lowest BCUT2D eigenvalue weighted by molar-refractivity contribution is 0.294. The molecule has 24 heavy (non-hydrogen) atoms. The summed E-state index contributed by atoms with van der Waals surface area (Å²) in [5, 5.41) is 5.03. The Kier molecular flexibility index (Phi) is 5.28. The van der Waals surface area contributed by atoms with Crippen LogP contribution in [0, 0.1) is 0 Å². The standard InChI is InChI=1S/C18H19N3O2S/c1-3-10-23-16-11-13(8-9-15(16)22-2)12-19-21-18-20-14-6-4-5-7-17(14)24-18/h4-9,11-12H,3,10H2,1-2H3,(H,20,21)/b19-12-. The SMILES string of the molecule is CCCOc1cc(/C=N\Nc2nc3ccccc3s2)ccc1OC. The van der Waals surface area contributed by atoms with Crippen LogP contribution >= 0.6 is 11.3 Å². The van der Waals surface area contributed by atoms with E-state index in [4.69, 9.17) is 9.47 Å². The lowest BCUT2D eigenvalue weighted by atomic mass is 10.2. The molecule has 124 valence electrons. The summed E-state index contributed by atoms with van der Waals surface area (Å²) in [7, 11) is 1.64. The third kappa shape index (κ3) is 3.83. The summed E-state index contributed by atoms with van der Waals surface area (Å²) in [6.45, 7) is 2.72. The van der Waals surface area contributed by atoms with Crippen LogP contribution in [0.1, 0.15) is 18.9 Å². The molecule has 5 nitrogen and oxygen atoms in total. The minimum absolute atomic E-state index is 0.654. The normalized spacial score (nSPS) is 11.1. The van der Waals surface area contributed by atoms with Gasteiger partial charge in [0.25, 0.3) is 0 Å². The molecule has 2 aromatic carbocycles. The number of para-hydroxylation sites is 1. The van der Waals surface area contributed by atoms with Gasteiger partial charge in [-0.25, -0.2) is 4.98 Å². The third-order valence-corrected chi connectivity index (χ3v) is 4.26. The van der Waals surface area contributed by atoms with Crippen LogP contribution in [0.25, 0.3) is 10.2 Å². The van der Waals surface area contributed by atoms with Crippen molar-refractivity contribution in [1.82, 2.24) is 4.98 Å². The lowest BCUT2D eigenvalue weighted by Gasteiger charge is -2.10. The maximum atomic E-state index is 5.70. The van der Waals surface area contributed by atoms with E-state index in [9.17, 15) is 0 Å². The van der Waals surface area contributed by atoms with E-state index in [1.165, 1.54) is 0 Å². The number of hydrogen-bond donors (Lipinski definition) is 1. The second-order valence-corrected chi connectivity index (χ2v) is 6.15. The predicted molar refractivity (Wildman–Crippen MR) is 99.6 cm³/mol. The van der Waals surface area contributed by atoms with Crippen LogP contribution in [0.3, 0.4) is 0 Å².